The zero-order chi connectivity index (χ0) is 17.7. The van der Waals surface area contributed by atoms with Crippen molar-refractivity contribution in [2.24, 2.45) is 0 Å². The van der Waals surface area contributed by atoms with Crippen molar-refractivity contribution in [3.63, 3.8) is 0 Å². The van der Waals surface area contributed by atoms with E-state index in [0.717, 1.165) is 5.56 Å². The number of fused-ring (bicyclic) bond motifs is 3. The Bertz CT molecular complexity index is 616. The Balaban J connectivity index is 1.49. The molecular formula is C19H26O6. The van der Waals surface area contributed by atoms with E-state index in [2.05, 4.69) is 0 Å². The minimum Gasteiger partial charge on any atom is -0.371 e. The molecule has 3 saturated heterocycles. The molecule has 1 aromatic rings. The molecule has 4 rings (SSSR count). The molecule has 138 valence electrons. The lowest BCUT2D eigenvalue weighted by atomic mass is 10.0. The lowest BCUT2D eigenvalue weighted by Gasteiger charge is -2.38. The molecular weight excluding hydrogens is 324 g/mol. The smallest absolute Gasteiger partial charge is 0.224 e. The molecule has 1 aromatic carbocycles. The van der Waals surface area contributed by atoms with Crippen molar-refractivity contribution in [1.82, 2.24) is 0 Å². The van der Waals surface area contributed by atoms with Crippen molar-refractivity contribution in [2.45, 2.75) is 70.0 Å². The highest BCUT2D eigenvalue weighted by atomic mass is 16.9. The predicted octanol–water partition coefficient (Wildman–Crippen LogP) is 2.60. The third-order valence-electron chi connectivity index (χ3n) is 4.71. The predicted molar refractivity (Wildman–Crippen MR) is 88.6 cm³/mol. The van der Waals surface area contributed by atoms with Crippen LogP contribution in [-0.4, -0.2) is 48.9 Å². The van der Waals surface area contributed by atoms with Crippen molar-refractivity contribution in [2.75, 3.05) is 13.2 Å². The highest BCUT2D eigenvalue weighted by molar-refractivity contribution is 5.13. The van der Waals surface area contributed by atoms with Gasteiger partial charge in [-0.2, -0.15) is 0 Å². The second-order valence-corrected chi connectivity index (χ2v) is 7.78. The molecule has 6 heteroatoms. The molecule has 0 radical (unpaired) electrons. The van der Waals surface area contributed by atoms with Crippen LogP contribution in [0.1, 0.15) is 33.3 Å². The van der Waals surface area contributed by atoms with E-state index < -0.39 is 17.4 Å². The van der Waals surface area contributed by atoms with Gasteiger partial charge in [-0.15, -0.1) is 0 Å². The summed E-state index contributed by atoms with van der Waals surface area (Å²) in [6, 6.07) is 10.0. The standard InChI is InChI=1S/C19H26O6/c1-17(2)21-11-14-15(23-17)16-19(22-14,25-18(3,4)24-16)12-20-10-13-8-6-5-7-9-13/h5-9,14-16H,10-12H2,1-4H3/t14-,15?,16+,19-/m0/s1. The van der Waals surface area contributed by atoms with Crippen LogP contribution in [0.4, 0.5) is 0 Å². The quantitative estimate of drug-likeness (QED) is 0.832. The Kier molecular flexibility index (Phi) is 4.18. The van der Waals surface area contributed by atoms with Crippen molar-refractivity contribution in [1.29, 1.82) is 0 Å². The number of ether oxygens (including phenoxy) is 6. The largest absolute Gasteiger partial charge is 0.371 e. The first kappa shape index (κ1) is 17.4. The molecule has 0 aliphatic carbocycles. The van der Waals surface area contributed by atoms with Crippen LogP contribution in [0.25, 0.3) is 0 Å². The van der Waals surface area contributed by atoms with Gasteiger partial charge in [0, 0.05) is 0 Å². The highest BCUT2D eigenvalue weighted by Gasteiger charge is 2.67. The van der Waals surface area contributed by atoms with Gasteiger partial charge in [0.1, 0.15) is 24.9 Å². The first-order chi connectivity index (χ1) is 11.8. The maximum atomic E-state index is 6.22. The molecule has 4 atom stereocenters. The second kappa shape index (κ2) is 6.01. The van der Waals surface area contributed by atoms with E-state index in [1.807, 2.05) is 58.0 Å². The van der Waals surface area contributed by atoms with Crippen molar-refractivity contribution < 1.29 is 28.4 Å². The summed E-state index contributed by atoms with van der Waals surface area (Å²) in [7, 11) is 0. The summed E-state index contributed by atoms with van der Waals surface area (Å²) in [4.78, 5) is 0. The number of hydrogen-bond acceptors (Lipinski definition) is 6. The maximum absolute atomic E-state index is 6.22. The van der Waals surface area contributed by atoms with E-state index in [1.54, 1.807) is 0 Å². The van der Waals surface area contributed by atoms with Crippen molar-refractivity contribution in [3.05, 3.63) is 35.9 Å². The van der Waals surface area contributed by atoms with E-state index in [9.17, 15) is 0 Å². The summed E-state index contributed by atoms with van der Waals surface area (Å²) < 4.78 is 36.2. The molecule has 3 aliphatic heterocycles. The zero-order valence-corrected chi connectivity index (χ0v) is 15.2. The Hall–Kier alpha value is -1.02. The topological polar surface area (TPSA) is 55.4 Å². The molecule has 1 unspecified atom stereocenters. The minimum atomic E-state index is -0.975. The van der Waals surface area contributed by atoms with E-state index in [4.69, 9.17) is 28.4 Å². The van der Waals surface area contributed by atoms with Crippen LogP contribution < -0.4 is 0 Å². The van der Waals surface area contributed by atoms with Gasteiger partial charge in [0.05, 0.1) is 13.2 Å². The average molecular weight is 350 g/mol. The van der Waals surface area contributed by atoms with Gasteiger partial charge in [0.25, 0.3) is 0 Å². The van der Waals surface area contributed by atoms with Crippen LogP contribution in [0, 0.1) is 0 Å². The molecule has 6 nitrogen and oxygen atoms in total. The van der Waals surface area contributed by atoms with Gasteiger partial charge in [0.15, 0.2) is 11.6 Å². The molecule has 0 spiro atoms. The normalized spacial score (nSPS) is 38.3. The van der Waals surface area contributed by atoms with Crippen LogP contribution in [0.3, 0.4) is 0 Å². The van der Waals surface area contributed by atoms with E-state index in [0.29, 0.717) is 13.2 Å². The summed E-state index contributed by atoms with van der Waals surface area (Å²) >= 11 is 0. The summed E-state index contributed by atoms with van der Waals surface area (Å²) in [6.07, 6.45) is -0.827. The first-order valence-corrected chi connectivity index (χ1v) is 8.78. The molecule has 0 saturated carbocycles. The molecule has 25 heavy (non-hydrogen) atoms. The number of rotatable bonds is 4. The van der Waals surface area contributed by atoms with Crippen LogP contribution in [-0.2, 0) is 35.0 Å². The van der Waals surface area contributed by atoms with Crippen molar-refractivity contribution >= 4 is 0 Å². The van der Waals surface area contributed by atoms with Gasteiger partial charge in [-0.25, -0.2) is 0 Å². The lowest BCUT2D eigenvalue weighted by molar-refractivity contribution is -0.331. The summed E-state index contributed by atoms with van der Waals surface area (Å²) in [5, 5.41) is 0. The van der Waals surface area contributed by atoms with E-state index in [-0.39, 0.29) is 24.9 Å². The summed E-state index contributed by atoms with van der Waals surface area (Å²) in [5.41, 5.74) is 1.10. The Labute approximate surface area is 148 Å². The molecule has 3 fully saturated rings. The first-order valence-electron chi connectivity index (χ1n) is 8.78. The zero-order valence-electron chi connectivity index (χ0n) is 15.2. The van der Waals surface area contributed by atoms with Gasteiger partial charge in [0.2, 0.25) is 5.79 Å². The Morgan fingerprint density at radius 3 is 2.52 bits per heavy atom. The molecule has 3 heterocycles. The second-order valence-electron chi connectivity index (χ2n) is 7.78. The fourth-order valence-electron chi connectivity index (χ4n) is 3.76. The molecule has 0 amide bonds. The Morgan fingerprint density at radius 1 is 1.00 bits per heavy atom. The lowest BCUT2D eigenvalue weighted by Crippen LogP contribution is -2.51. The molecule has 3 aliphatic rings. The maximum Gasteiger partial charge on any atom is 0.224 e. The van der Waals surface area contributed by atoms with Crippen molar-refractivity contribution in [3.8, 4) is 0 Å². The monoisotopic (exact) mass is 350 g/mol. The average Bonchev–Trinajstić information content (AvgIpc) is 2.95. The minimum absolute atomic E-state index is 0.227. The van der Waals surface area contributed by atoms with Gasteiger partial charge >= 0.3 is 0 Å². The highest BCUT2D eigenvalue weighted by Crippen LogP contribution is 2.49. The van der Waals surface area contributed by atoms with Gasteiger partial charge in [-0.05, 0) is 33.3 Å². The summed E-state index contributed by atoms with van der Waals surface area (Å²) in [6.45, 7) is 8.77. The number of benzene rings is 1. The molecule has 0 N–H and O–H groups in total. The fourth-order valence-corrected chi connectivity index (χ4v) is 3.76. The molecule has 0 aromatic heterocycles. The Morgan fingerprint density at radius 2 is 1.76 bits per heavy atom. The fraction of sp³-hybridized carbons (Fsp3) is 0.684. The van der Waals surface area contributed by atoms with Gasteiger partial charge < -0.3 is 28.4 Å². The number of hydrogen-bond donors (Lipinski definition) is 0. The molecule has 0 bridgehead atoms. The summed E-state index contributed by atoms with van der Waals surface area (Å²) in [5.74, 6) is -2.39. The third-order valence-corrected chi connectivity index (χ3v) is 4.71. The SMILES string of the molecule is CC1(C)OC[C@@H]2O[C@@]3(COCc4ccccc4)OC(C)(C)O[C@@H]3C2O1. The van der Waals surface area contributed by atoms with Crippen LogP contribution in [0.5, 0.6) is 0 Å². The van der Waals surface area contributed by atoms with Crippen LogP contribution in [0.15, 0.2) is 30.3 Å². The van der Waals surface area contributed by atoms with Crippen LogP contribution >= 0.6 is 0 Å². The van der Waals surface area contributed by atoms with Gasteiger partial charge in [-0.1, -0.05) is 30.3 Å². The van der Waals surface area contributed by atoms with Gasteiger partial charge in [-0.3, -0.25) is 0 Å². The third kappa shape index (κ3) is 3.35. The van der Waals surface area contributed by atoms with E-state index >= 15 is 0 Å². The van der Waals surface area contributed by atoms with Crippen LogP contribution in [0.2, 0.25) is 0 Å². The van der Waals surface area contributed by atoms with E-state index in [1.165, 1.54) is 0 Å².